The van der Waals surface area contributed by atoms with Crippen molar-refractivity contribution in [2.45, 2.75) is 38.6 Å². The molecule has 0 atom stereocenters. The van der Waals surface area contributed by atoms with Crippen molar-refractivity contribution >= 4 is 5.91 Å². The van der Waals surface area contributed by atoms with Gasteiger partial charge in [-0.3, -0.25) is 14.5 Å². The van der Waals surface area contributed by atoms with Crippen LogP contribution in [0.5, 0.6) is 0 Å². The minimum atomic E-state index is -0.0635. The second kappa shape index (κ2) is 7.35. The molecule has 5 heteroatoms. The summed E-state index contributed by atoms with van der Waals surface area (Å²) in [6, 6.07) is 12.7. The normalized spacial score (nSPS) is 14.0. The molecule has 27 heavy (non-hydrogen) atoms. The number of rotatable bonds is 5. The van der Waals surface area contributed by atoms with Crippen molar-refractivity contribution in [1.29, 1.82) is 0 Å². The molecule has 0 aliphatic heterocycles. The van der Waals surface area contributed by atoms with E-state index >= 15 is 0 Å². The Kier molecular flexibility index (Phi) is 4.75. The van der Waals surface area contributed by atoms with Gasteiger partial charge in [-0.05, 0) is 61.4 Å². The van der Waals surface area contributed by atoms with E-state index < -0.39 is 0 Å². The summed E-state index contributed by atoms with van der Waals surface area (Å²) < 4.78 is 1.81. The highest BCUT2D eigenvalue weighted by molar-refractivity contribution is 5.92. The molecule has 0 bridgehead atoms. The van der Waals surface area contributed by atoms with Crippen LogP contribution in [0, 0.1) is 6.92 Å². The Labute approximate surface area is 159 Å². The Morgan fingerprint density at radius 3 is 2.63 bits per heavy atom. The van der Waals surface area contributed by atoms with Gasteiger partial charge >= 0.3 is 0 Å². The summed E-state index contributed by atoms with van der Waals surface area (Å²) in [5.41, 5.74) is 6.02. The summed E-state index contributed by atoms with van der Waals surface area (Å²) in [4.78, 5) is 16.7. The third-order valence-corrected chi connectivity index (χ3v) is 5.25. The molecule has 138 valence electrons. The van der Waals surface area contributed by atoms with Gasteiger partial charge in [0.15, 0.2) is 0 Å². The van der Waals surface area contributed by atoms with Gasteiger partial charge in [0.2, 0.25) is 0 Å². The monoisotopic (exact) mass is 360 g/mol. The maximum atomic E-state index is 12.4. The average molecular weight is 360 g/mol. The number of aryl methyl sites for hydroxylation is 2. The summed E-state index contributed by atoms with van der Waals surface area (Å²) in [5, 5.41) is 7.50. The first-order valence-corrected chi connectivity index (χ1v) is 9.44. The lowest BCUT2D eigenvalue weighted by atomic mass is 9.93. The Morgan fingerprint density at radius 2 is 2.00 bits per heavy atom. The lowest BCUT2D eigenvalue weighted by Crippen LogP contribution is -2.39. The van der Waals surface area contributed by atoms with Gasteiger partial charge in [0.1, 0.15) is 5.69 Å². The van der Waals surface area contributed by atoms with Gasteiger partial charge in [-0.15, -0.1) is 0 Å². The van der Waals surface area contributed by atoms with Crippen molar-refractivity contribution in [3.63, 3.8) is 0 Å². The first-order chi connectivity index (χ1) is 13.1. The van der Waals surface area contributed by atoms with Crippen LogP contribution in [0.2, 0.25) is 0 Å². The van der Waals surface area contributed by atoms with Crippen LogP contribution in [-0.4, -0.2) is 26.7 Å². The zero-order valence-corrected chi connectivity index (χ0v) is 15.8. The predicted molar refractivity (Wildman–Crippen MR) is 106 cm³/mol. The minimum absolute atomic E-state index is 0.0635. The SMILES string of the molecule is Cc1cnc(C(=O)NC2CCC2)cc1Cc1ccc(-c2ccn(C)n2)cc1. The van der Waals surface area contributed by atoms with E-state index in [2.05, 4.69) is 39.7 Å². The molecule has 5 nitrogen and oxygen atoms in total. The fraction of sp³-hybridized carbons (Fsp3) is 0.318. The third-order valence-electron chi connectivity index (χ3n) is 5.25. The molecule has 1 amide bonds. The molecule has 1 aromatic carbocycles. The number of carbonyl (C=O) groups excluding carboxylic acids is 1. The van der Waals surface area contributed by atoms with Crippen molar-refractivity contribution < 1.29 is 4.79 Å². The topological polar surface area (TPSA) is 59.8 Å². The van der Waals surface area contributed by atoms with E-state index in [0.717, 1.165) is 41.6 Å². The molecule has 1 aliphatic rings. The van der Waals surface area contributed by atoms with Gasteiger partial charge in [0.05, 0.1) is 5.69 Å². The van der Waals surface area contributed by atoms with Crippen LogP contribution in [0.15, 0.2) is 48.8 Å². The number of nitrogens with zero attached hydrogens (tertiary/aromatic N) is 3. The molecule has 2 aromatic heterocycles. The Balaban J connectivity index is 1.49. The number of hydrogen-bond donors (Lipinski definition) is 1. The summed E-state index contributed by atoms with van der Waals surface area (Å²) in [7, 11) is 1.92. The molecular weight excluding hydrogens is 336 g/mol. The first-order valence-electron chi connectivity index (χ1n) is 9.44. The summed E-state index contributed by atoms with van der Waals surface area (Å²) >= 11 is 0. The predicted octanol–water partition coefficient (Wildman–Crippen LogP) is 3.66. The van der Waals surface area contributed by atoms with Crippen molar-refractivity contribution in [2.75, 3.05) is 0 Å². The van der Waals surface area contributed by atoms with Crippen LogP contribution in [0.4, 0.5) is 0 Å². The van der Waals surface area contributed by atoms with Crippen LogP contribution in [0.25, 0.3) is 11.3 Å². The summed E-state index contributed by atoms with van der Waals surface area (Å²) in [5.74, 6) is -0.0635. The fourth-order valence-electron chi connectivity index (χ4n) is 3.27. The molecule has 0 unspecified atom stereocenters. The van der Waals surface area contributed by atoms with Gasteiger partial charge in [-0.1, -0.05) is 24.3 Å². The number of nitrogens with one attached hydrogen (secondary N) is 1. The average Bonchev–Trinajstić information content (AvgIpc) is 3.07. The van der Waals surface area contributed by atoms with Crippen molar-refractivity contribution in [3.8, 4) is 11.3 Å². The van der Waals surface area contributed by atoms with Gasteiger partial charge < -0.3 is 5.32 Å². The Hall–Kier alpha value is -2.95. The van der Waals surface area contributed by atoms with E-state index in [4.69, 9.17) is 0 Å². The molecule has 1 N–H and O–H groups in total. The molecule has 1 fully saturated rings. The maximum absolute atomic E-state index is 12.4. The van der Waals surface area contributed by atoms with Gasteiger partial charge in [0.25, 0.3) is 5.91 Å². The largest absolute Gasteiger partial charge is 0.348 e. The number of aromatic nitrogens is 3. The molecule has 4 rings (SSSR count). The highest BCUT2D eigenvalue weighted by Gasteiger charge is 2.21. The summed E-state index contributed by atoms with van der Waals surface area (Å²) in [6.45, 7) is 2.04. The lowest BCUT2D eigenvalue weighted by molar-refractivity contribution is 0.0911. The molecule has 1 aliphatic carbocycles. The van der Waals surface area contributed by atoms with E-state index in [1.54, 1.807) is 10.9 Å². The van der Waals surface area contributed by atoms with Crippen molar-refractivity contribution in [2.24, 2.45) is 7.05 Å². The van der Waals surface area contributed by atoms with Crippen LogP contribution in [0.1, 0.15) is 46.4 Å². The third kappa shape index (κ3) is 3.92. The van der Waals surface area contributed by atoms with Crippen LogP contribution < -0.4 is 5.32 Å². The van der Waals surface area contributed by atoms with Crippen LogP contribution in [0.3, 0.4) is 0 Å². The summed E-state index contributed by atoms with van der Waals surface area (Å²) in [6.07, 6.45) is 7.87. The molecule has 0 spiro atoms. The zero-order chi connectivity index (χ0) is 18.8. The molecule has 1 saturated carbocycles. The number of pyridine rings is 1. The van der Waals surface area contributed by atoms with Gasteiger partial charge in [-0.25, -0.2) is 0 Å². The number of carbonyl (C=O) groups is 1. The fourth-order valence-corrected chi connectivity index (χ4v) is 3.27. The van der Waals surface area contributed by atoms with Crippen molar-refractivity contribution in [1.82, 2.24) is 20.1 Å². The van der Waals surface area contributed by atoms with E-state index in [1.807, 2.05) is 32.3 Å². The van der Waals surface area contributed by atoms with Gasteiger partial charge in [-0.2, -0.15) is 5.10 Å². The molecule has 0 radical (unpaired) electrons. The number of hydrogen-bond acceptors (Lipinski definition) is 3. The minimum Gasteiger partial charge on any atom is -0.348 e. The second-order valence-corrected chi connectivity index (χ2v) is 7.35. The second-order valence-electron chi connectivity index (χ2n) is 7.35. The number of amides is 1. The molecular formula is C22H24N4O. The first kappa shape index (κ1) is 17.5. The molecule has 2 heterocycles. The maximum Gasteiger partial charge on any atom is 0.270 e. The quantitative estimate of drug-likeness (QED) is 0.755. The van der Waals surface area contributed by atoms with Crippen molar-refractivity contribution in [3.05, 3.63) is 71.2 Å². The van der Waals surface area contributed by atoms with E-state index in [9.17, 15) is 4.79 Å². The van der Waals surface area contributed by atoms with E-state index in [0.29, 0.717) is 11.7 Å². The highest BCUT2D eigenvalue weighted by Crippen LogP contribution is 2.21. The smallest absolute Gasteiger partial charge is 0.270 e. The Bertz CT molecular complexity index is 955. The standard InChI is InChI=1S/C22H24N4O/c1-15-14-23-21(22(27)24-19-4-3-5-19)13-18(15)12-16-6-8-17(9-7-16)20-10-11-26(2)25-20/h6-11,13-14,19H,3-5,12H2,1-2H3,(H,24,27). The lowest BCUT2D eigenvalue weighted by Gasteiger charge is -2.26. The van der Waals surface area contributed by atoms with Crippen LogP contribution >= 0.6 is 0 Å². The Morgan fingerprint density at radius 1 is 1.22 bits per heavy atom. The highest BCUT2D eigenvalue weighted by atomic mass is 16.1. The van der Waals surface area contributed by atoms with E-state index in [-0.39, 0.29) is 5.91 Å². The van der Waals surface area contributed by atoms with Gasteiger partial charge in [0, 0.05) is 31.0 Å². The number of benzene rings is 1. The molecule has 3 aromatic rings. The van der Waals surface area contributed by atoms with Crippen LogP contribution in [-0.2, 0) is 13.5 Å². The molecule has 0 saturated heterocycles. The van der Waals surface area contributed by atoms with E-state index in [1.165, 1.54) is 12.0 Å². The zero-order valence-electron chi connectivity index (χ0n) is 15.8.